The van der Waals surface area contributed by atoms with E-state index in [9.17, 15) is 14.4 Å². The van der Waals surface area contributed by atoms with Gasteiger partial charge in [-0.2, -0.15) is 11.8 Å². The third-order valence-corrected chi connectivity index (χ3v) is 11.3. The smallest absolute Gasteiger partial charge is 0.254 e. The highest BCUT2D eigenvalue weighted by Crippen LogP contribution is 2.36. The number of rotatable bonds is 0. The number of carbonyl (C=O) groups is 3. The number of amides is 3. The minimum Gasteiger partial charge on any atom is -0.356 e. The molecular weight excluding hydrogens is 615 g/mol. The van der Waals surface area contributed by atoms with Crippen molar-refractivity contribution >= 4 is 29.5 Å². The minimum absolute atomic E-state index is 0.212. The van der Waals surface area contributed by atoms with Crippen LogP contribution >= 0.6 is 11.8 Å². The fourth-order valence-corrected chi connectivity index (χ4v) is 8.36. The Balaban J connectivity index is 1.34. The summed E-state index contributed by atoms with van der Waals surface area (Å²) in [4.78, 5) is 39.8. The molecule has 1 aromatic rings. The molecule has 2 heterocycles. The molecule has 272 valence electrons. The predicted molar refractivity (Wildman–Crippen MR) is 204 cm³/mol. The fraction of sp³-hybridized carbons (Fsp3) is 0.780. The van der Waals surface area contributed by atoms with E-state index in [4.69, 9.17) is 0 Å². The lowest BCUT2D eigenvalue weighted by molar-refractivity contribution is -0.122. The lowest BCUT2D eigenvalue weighted by atomic mass is 10.1. The van der Waals surface area contributed by atoms with Crippen LogP contribution < -0.4 is 10.6 Å². The Hall–Kier alpha value is -2.02. The molecule has 7 heteroatoms. The van der Waals surface area contributed by atoms with E-state index < -0.39 is 0 Å². The zero-order chi connectivity index (χ0) is 33.9. The van der Waals surface area contributed by atoms with Gasteiger partial charge in [-0.3, -0.25) is 14.4 Å². The van der Waals surface area contributed by atoms with Crippen molar-refractivity contribution in [1.82, 2.24) is 15.5 Å². The summed E-state index contributed by atoms with van der Waals surface area (Å²) in [5.41, 5.74) is 2.14. The zero-order valence-electron chi connectivity index (χ0n) is 30.4. The Kier molecular flexibility index (Phi) is 22.6. The van der Waals surface area contributed by atoms with Gasteiger partial charge in [0.1, 0.15) is 0 Å². The molecule has 3 rings (SSSR count). The summed E-state index contributed by atoms with van der Waals surface area (Å²) in [6.45, 7) is 2.49. The second kappa shape index (κ2) is 26.8. The molecule has 0 radical (unpaired) electrons. The van der Waals surface area contributed by atoms with E-state index in [0.717, 1.165) is 75.9 Å². The SMILES string of the molecule is O=C1CCCCCCCCCCNC(=O)CCCCCCCCCCN2C(=O)c3ccccc3C2CSCCCCCCCCCCN1. The summed E-state index contributed by atoms with van der Waals surface area (Å²) >= 11 is 2.02. The lowest BCUT2D eigenvalue weighted by Gasteiger charge is -2.25. The second-order valence-corrected chi connectivity index (χ2v) is 15.5. The molecule has 48 heavy (non-hydrogen) atoms. The number of thioether (sulfide) groups is 1. The van der Waals surface area contributed by atoms with Crippen LogP contribution in [0.2, 0.25) is 0 Å². The largest absolute Gasteiger partial charge is 0.356 e. The van der Waals surface area contributed by atoms with Crippen LogP contribution in [0.25, 0.3) is 0 Å². The highest BCUT2D eigenvalue weighted by atomic mass is 32.2. The van der Waals surface area contributed by atoms with E-state index in [0.29, 0.717) is 12.8 Å². The van der Waals surface area contributed by atoms with Crippen LogP contribution in [0.15, 0.2) is 24.3 Å². The predicted octanol–water partition coefficient (Wildman–Crippen LogP) is 10.3. The Morgan fingerprint density at radius 1 is 0.521 bits per heavy atom. The average Bonchev–Trinajstić information content (AvgIpc) is 3.36. The quantitative estimate of drug-likeness (QED) is 0.285. The normalized spacial score (nSPS) is 23.5. The number of nitrogens with zero attached hydrogens (tertiary/aromatic N) is 1. The zero-order valence-corrected chi connectivity index (χ0v) is 31.2. The number of nitrogens with one attached hydrogen (secondary N) is 2. The van der Waals surface area contributed by atoms with Crippen molar-refractivity contribution in [3.8, 4) is 0 Å². The first-order valence-electron chi connectivity index (χ1n) is 20.2. The van der Waals surface area contributed by atoms with Gasteiger partial charge in [-0.05, 0) is 55.9 Å². The van der Waals surface area contributed by atoms with E-state index in [1.54, 1.807) is 0 Å². The van der Waals surface area contributed by atoms with Crippen LogP contribution in [0.5, 0.6) is 0 Å². The van der Waals surface area contributed by atoms with Gasteiger partial charge in [-0.1, -0.05) is 134 Å². The molecule has 0 bridgehead atoms. The monoisotopic (exact) mass is 684 g/mol. The molecule has 1 atom stereocenters. The first-order valence-corrected chi connectivity index (χ1v) is 21.3. The van der Waals surface area contributed by atoms with E-state index in [1.165, 1.54) is 120 Å². The molecule has 1 saturated heterocycles. The van der Waals surface area contributed by atoms with Crippen molar-refractivity contribution in [2.24, 2.45) is 0 Å². The summed E-state index contributed by atoms with van der Waals surface area (Å²) in [7, 11) is 0. The van der Waals surface area contributed by atoms with E-state index in [-0.39, 0.29) is 23.8 Å². The van der Waals surface area contributed by atoms with Crippen molar-refractivity contribution in [3.63, 3.8) is 0 Å². The molecule has 0 aliphatic carbocycles. The van der Waals surface area contributed by atoms with Crippen LogP contribution in [0.3, 0.4) is 0 Å². The average molecular weight is 684 g/mol. The van der Waals surface area contributed by atoms with Gasteiger partial charge in [0.05, 0.1) is 6.04 Å². The summed E-state index contributed by atoms with van der Waals surface area (Å²) in [6, 6.07) is 8.47. The highest BCUT2D eigenvalue weighted by Gasteiger charge is 2.35. The molecule has 0 saturated carbocycles. The standard InChI is InChI=1S/C41H69N3O3S/c45-39-29-19-13-7-1-3-9-15-23-31-42-40(46)30-20-14-8-2-5-11-17-25-33-44-38(36-27-21-22-28-37(36)41(44)47)35-48-34-26-18-12-6-4-10-16-24-32-43-39/h21-22,27-28,38H,1-20,23-26,29-35H2,(H,42,46)(H,43,45). The minimum atomic E-state index is 0.212. The Morgan fingerprint density at radius 3 is 1.50 bits per heavy atom. The van der Waals surface area contributed by atoms with Crippen molar-refractivity contribution in [3.05, 3.63) is 35.4 Å². The molecule has 2 aliphatic heterocycles. The van der Waals surface area contributed by atoms with Gasteiger partial charge in [0.25, 0.3) is 5.91 Å². The van der Waals surface area contributed by atoms with Gasteiger partial charge < -0.3 is 15.5 Å². The summed E-state index contributed by atoms with van der Waals surface area (Å²) in [5, 5.41) is 6.23. The Morgan fingerprint density at radius 2 is 0.958 bits per heavy atom. The molecule has 1 aromatic carbocycles. The highest BCUT2D eigenvalue weighted by molar-refractivity contribution is 7.99. The molecule has 2 aliphatic rings. The molecule has 1 unspecified atom stereocenters. The number of benzene rings is 1. The molecular formula is C41H69N3O3S. The maximum Gasteiger partial charge on any atom is 0.254 e. The van der Waals surface area contributed by atoms with E-state index >= 15 is 0 Å². The van der Waals surface area contributed by atoms with Gasteiger partial charge in [0, 0.05) is 43.8 Å². The third-order valence-electron chi connectivity index (χ3n) is 10.2. The molecule has 0 aromatic heterocycles. The van der Waals surface area contributed by atoms with Crippen LogP contribution in [0.1, 0.15) is 189 Å². The van der Waals surface area contributed by atoms with Gasteiger partial charge >= 0.3 is 0 Å². The molecule has 6 nitrogen and oxygen atoms in total. The molecule has 0 spiro atoms. The van der Waals surface area contributed by atoms with E-state index in [2.05, 4.69) is 27.7 Å². The third kappa shape index (κ3) is 17.6. The number of hydrogen-bond acceptors (Lipinski definition) is 4. The number of fused-ring (bicyclic) bond motifs is 3. The Labute approximate surface area is 298 Å². The summed E-state index contributed by atoms with van der Waals surface area (Å²) < 4.78 is 0. The van der Waals surface area contributed by atoms with Gasteiger partial charge in [-0.25, -0.2) is 0 Å². The van der Waals surface area contributed by atoms with E-state index in [1.807, 2.05) is 23.9 Å². The Bertz CT molecular complexity index is 1020. The topological polar surface area (TPSA) is 78.5 Å². The van der Waals surface area contributed by atoms with Gasteiger partial charge in [-0.15, -0.1) is 0 Å². The van der Waals surface area contributed by atoms with Crippen molar-refractivity contribution in [2.75, 3.05) is 31.1 Å². The number of carbonyl (C=O) groups excluding carboxylic acids is 3. The van der Waals surface area contributed by atoms with Crippen molar-refractivity contribution in [1.29, 1.82) is 0 Å². The van der Waals surface area contributed by atoms with Gasteiger partial charge in [0.15, 0.2) is 0 Å². The maximum absolute atomic E-state index is 13.3. The maximum atomic E-state index is 13.3. The van der Waals surface area contributed by atoms with Crippen molar-refractivity contribution in [2.45, 2.75) is 173 Å². The van der Waals surface area contributed by atoms with Crippen LogP contribution in [-0.4, -0.2) is 53.8 Å². The van der Waals surface area contributed by atoms with Crippen LogP contribution in [0.4, 0.5) is 0 Å². The lowest BCUT2D eigenvalue weighted by Crippen LogP contribution is -2.30. The molecule has 1 fully saturated rings. The first-order chi connectivity index (χ1) is 23.7. The molecule has 2 N–H and O–H groups in total. The van der Waals surface area contributed by atoms with Crippen LogP contribution in [0, 0.1) is 0 Å². The first kappa shape index (κ1) is 40.4. The number of hydrogen-bond donors (Lipinski definition) is 2. The second-order valence-electron chi connectivity index (χ2n) is 14.4. The summed E-state index contributed by atoms with van der Waals surface area (Å²) in [6.07, 6.45) is 30.1. The van der Waals surface area contributed by atoms with Crippen molar-refractivity contribution < 1.29 is 14.4 Å². The molecule has 3 amide bonds. The summed E-state index contributed by atoms with van der Waals surface area (Å²) in [5.74, 6) is 2.83. The van der Waals surface area contributed by atoms with Crippen LogP contribution in [-0.2, 0) is 9.59 Å². The fourth-order valence-electron chi connectivity index (χ4n) is 7.20. The van der Waals surface area contributed by atoms with Gasteiger partial charge in [0.2, 0.25) is 11.8 Å².